The van der Waals surface area contributed by atoms with Crippen LogP contribution in [0, 0.1) is 0 Å². The van der Waals surface area contributed by atoms with Crippen molar-refractivity contribution in [2.45, 2.75) is 31.3 Å². The lowest BCUT2D eigenvalue weighted by Crippen LogP contribution is -2.17. The van der Waals surface area contributed by atoms with Gasteiger partial charge in [0.05, 0.1) is 6.10 Å². The minimum atomic E-state index is -0.507. The van der Waals surface area contributed by atoms with Crippen molar-refractivity contribution >= 4 is 0 Å². The molecule has 1 aromatic carbocycles. The molecule has 0 bridgehead atoms. The van der Waals surface area contributed by atoms with Gasteiger partial charge in [-0.15, -0.1) is 0 Å². The van der Waals surface area contributed by atoms with Gasteiger partial charge in [-0.05, 0) is 30.4 Å². The Morgan fingerprint density at radius 1 is 1.17 bits per heavy atom. The van der Waals surface area contributed by atoms with Crippen molar-refractivity contribution in [2.24, 2.45) is 0 Å². The summed E-state index contributed by atoms with van der Waals surface area (Å²) in [5.74, 6) is 0.168. The van der Waals surface area contributed by atoms with Crippen LogP contribution in [0.5, 0.6) is 0 Å². The molecule has 1 aliphatic carbocycles. The zero-order valence-electron chi connectivity index (χ0n) is 10.2. The van der Waals surface area contributed by atoms with E-state index in [9.17, 15) is 5.11 Å². The van der Waals surface area contributed by atoms with Gasteiger partial charge < -0.3 is 5.11 Å². The van der Waals surface area contributed by atoms with Crippen LogP contribution in [0.2, 0.25) is 0 Å². The summed E-state index contributed by atoms with van der Waals surface area (Å²) in [6.45, 7) is 0. The van der Waals surface area contributed by atoms with E-state index < -0.39 is 6.10 Å². The number of hydrogen-bond acceptors (Lipinski definition) is 3. The second kappa shape index (κ2) is 4.86. The predicted molar refractivity (Wildman–Crippen MR) is 69.1 cm³/mol. The van der Waals surface area contributed by atoms with Crippen molar-refractivity contribution in [3.63, 3.8) is 0 Å². The molecule has 92 valence electrons. The number of benzene rings is 1. The summed E-state index contributed by atoms with van der Waals surface area (Å²) in [7, 11) is 0. The van der Waals surface area contributed by atoms with Gasteiger partial charge in [0.2, 0.25) is 0 Å². The molecule has 2 aromatic rings. The number of aliphatic hydroxyl groups excluding tert-OH is 1. The Bertz CT molecular complexity index is 527. The number of aliphatic hydroxyl groups is 1. The highest BCUT2D eigenvalue weighted by atomic mass is 16.3. The third-order valence-corrected chi connectivity index (χ3v) is 3.72. The van der Waals surface area contributed by atoms with Crippen LogP contribution in [0.1, 0.15) is 41.6 Å². The second-order valence-electron chi connectivity index (χ2n) is 4.81. The first-order valence-electron chi connectivity index (χ1n) is 6.37. The van der Waals surface area contributed by atoms with Crippen LogP contribution in [0.4, 0.5) is 0 Å². The van der Waals surface area contributed by atoms with Gasteiger partial charge in [-0.25, -0.2) is 9.97 Å². The van der Waals surface area contributed by atoms with Gasteiger partial charge in [0, 0.05) is 23.9 Å². The molecule has 0 saturated carbocycles. The first kappa shape index (κ1) is 11.4. The third-order valence-electron chi connectivity index (χ3n) is 3.72. The number of fused-ring (bicyclic) bond motifs is 1. The Morgan fingerprint density at radius 3 is 2.78 bits per heavy atom. The molecule has 2 unspecified atom stereocenters. The van der Waals surface area contributed by atoms with Crippen LogP contribution in [0.3, 0.4) is 0 Å². The molecule has 0 amide bonds. The standard InChI is InChI=1S/C15H16N2O/c18-15(12-8-16-10-17-9-12)14-7-3-5-11-4-1-2-6-13(11)14/h1-2,4,6,8-10,14-15,18H,3,5,7H2. The summed E-state index contributed by atoms with van der Waals surface area (Å²) in [5, 5.41) is 10.5. The number of nitrogens with zero attached hydrogens (tertiary/aromatic N) is 2. The van der Waals surface area contributed by atoms with Crippen LogP contribution in [0.15, 0.2) is 43.0 Å². The van der Waals surface area contributed by atoms with Crippen LogP contribution < -0.4 is 0 Å². The normalized spacial score (nSPS) is 20.2. The number of aromatic nitrogens is 2. The molecular formula is C15H16N2O. The first-order chi connectivity index (χ1) is 8.86. The Labute approximate surface area is 107 Å². The summed E-state index contributed by atoms with van der Waals surface area (Å²) < 4.78 is 0. The zero-order valence-corrected chi connectivity index (χ0v) is 10.2. The number of rotatable bonds is 2. The van der Waals surface area contributed by atoms with E-state index in [0.717, 1.165) is 24.8 Å². The lowest BCUT2D eigenvalue weighted by atomic mass is 9.78. The SMILES string of the molecule is OC(c1cncnc1)C1CCCc2ccccc21. The Kier molecular flexibility index (Phi) is 3.07. The number of aryl methyl sites for hydroxylation is 1. The minimum Gasteiger partial charge on any atom is -0.388 e. The molecule has 1 aromatic heterocycles. The highest BCUT2D eigenvalue weighted by Gasteiger charge is 2.27. The monoisotopic (exact) mass is 240 g/mol. The van der Waals surface area contributed by atoms with Crippen molar-refractivity contribution < 1.29 is 5.11 Å². The summed E-state index contributed by atoms with van der Waals surface area (Å²) in [6, 6.07) is 8.41. The van der Waals surface area contributed by atoms with Crippen molar-refractivity contribution in [3.8, 4) is 0 Å². The molecule has 3 rings (SSSR count). The molecule has 18 heavy (non-hydrogen) atoms. The quantitative estimate of drug-likeness (QED) is 0.877. The molecule has 2 atom stereocenters. The molecule has 1 aliphatic rings. The van der Waals surface area contributed by atoms with E-state index in [1.54, 1.807) is 12.4 Å². The Hall–Kier alpha value is -1.74. The fraction of sp³-hybridized carbons (Fsp3) is 0.333. The molecule has 1 heterocycles. The average Bonchev–Trinajstić information content (AvgIpc) is 2.47. The molecule has 3 heteroatoms. The van der Waals surface area contributed by atoms with E-state index in [-0.39, 0.29) is 5.92 Å². The maximum absolute atomic E-state index is 10.5. The van der Waals surface area contributed by atoms with Crippen LogP contribution in [-0.2, 0) is 6.42 Å². The molecule has 0 radical (unpaired) electrons. The number of hydrogen-bond donors (Lipinski definition) is 1. The van der Waals surface area contributed by atoms with E-state index in [2.05, 4.69) is 28.2 Å². The van der Waals surface area contributed by atoms with Crippen molar-refractivity contribution in [1.29, 1.82) is 0 Å². The second-order valence-corrected chi connectivity index (χ2v) is 4.81. The minimum absolute atomic E-state index is 0.168. The highest BCUT2D eigenvalue weighted by Crippen LogP contribution is 2.39. The van der Waals surface area contributed by atoms with Gasteiger partial charge in [-0.2, -0.15) is 0 Å². The Morgan fingerprint density at radius 2 is 1.94 bits per heavy atom. The van der Waals surface area contributed by atoms with E-state index in [4.69, 9.17) is 0 Å². The van der Waals surface area contributed by atoms with Gasteiger partial charge in [0.25, 0.3) is 0 Å². The largest absolute Gasteiger partial charge is 0.388 e. The summed E-state index contributed by atoms with van der Waals surface area (Å²) in [6.07, 6.45) is 7.66. The van der Waals surface area contributed by atoms with Gasteiger partial charge >= 0.3 is 0 Å². The first-order valence-corrected chi connectivity index (χ1v) is 6.37. The molecule has 0 spiro atoms. The molecular weight excluding hydrogens is 224 g/mol. The van der Waals surface area contributed by atoms with Crippen molar-refractivity contribution in [3.05, 3.63) is 59.7 Å². The van der Waals surface area contributed by atoms with Crippen LogP contribution in [-0.4, -0.2) is 15.1 Å². The topological polar surface area (TPSA) is 46.0 Å². The van der Waals surface area contributed by atoms with Gasteiger partial charge in [0.15, 0.2) is 0 Å². The maximum Gasteiger partial charge on any atom is 0.115 e. The van der Waals surface area contributed by atoms with Gasteiger partial charge in [0.1, 0.15) is 6.33 Å². The lowest BCUT2D eigenvalue weighted by Gasteiger charge is -2.29. The molecule has 3 nitrogen and oxygen atoms in total. The summed E-state index contributed by atoms with van der Waals surface area (Å²) in [5.41, 5.74) is 3.45. The Balaban J connectivity index is 1.94. The van der Waals surface area contributed by atoms with Gasteiger partial charge in [-0.3, -0.25) is 0 Å². The van der Waals surface area contributed by atoms with Crippen LogP contribution in [0.25, 0.3) is 0 Å². The summed E-state index contributed by atoms with van der Waals surface area (Å²) in [4.78, 5) is 7.97. The zero-order chi connectivity index (χ0) is 12.4. The van der Waals surface area contributed by atoms with Gasteiger partial charge in [-0.1, -0.05) is 24.3 Å². The fourth-order valence-electron chi connectivity index (χ4n) is 2.82. The smallest absolute Gasteiger partial charge is 0.115 e. The van der Waals surface area contributed by atoms with Crippen molar-refractivity contribution in [2.75, 3.05) is 0 Å². The molecule has 0 fully saturated rings. The van der Waals surface area contributed by atoms with E-state index in [1.165, 1.54) is 17.5 Å². The third kappa shape index (κ3) is 2.02. The van der Waals surface area contributed by atoms with E-state index in [0.29, 0.717) is 0 Å². The fourth-order valence-corrected chi connectivity index (χ4v) is 2.82. The lowest BCUT2D eigenvalue weighted by molar-refractivity contribution is 0.135. The maximum atomic E-state index is 10.5. The molecule has 0 aliphatic heterocycles. The molecule has 1 N–H and O–H groups in total. The van der Waals surface area contributed by atoms with Crippen LogP contribution >= 0.6 is 0 Å². The summed E-state index contributed by atoms with van der Waals surface area (Å²) >= 11 is 0. The van der Waals surface area contributed by atoms with E-state index >= 15 is 0 Å². The molecule has 0 saturated heterocycles. The van der Waals surface area contributed by atoms with E-state index in [1.807, 2.05) is 6.07 Å². The van der Waals surface area contributed by atoms with Crippen molar-refractivity contribution in [1.82, 2.24) is 9.97 Å². The predicted octanol–water partition coefficient (Wildman–Crippen LogP) is 2.63. The highest BCUT2D eigenvalue weighted by molar-refractivity contribution is 5.34. The average molecular weight is 240 g/mol.